The number of esters is 1. The number of allylic oxidation sites excluding steroid dienone is 3. The Morgan fingerprint density at radius 1 is 1.21 bits per heavy atom. The molecule has 8 heteroatoms. The van der Waals surface area contributed by atoms with E-state index in [1.54, 1.807) is 0 Å². The van der Waals surface area contributed by atoms with Gasteiger partial charge in [-0.2, -0.15) is 0 Å². The van der Waals surface area contributed by atoms with E-state index in [9.17, 15) is 19.8 Å². The van der Waals surface area contributed by atoms with Gasteiger partial charge in [-0.1, -0.05) is 39.0 Å². The smallest absolute Gasteiger partial charge is 0.311 e. The molecule has 0 aromatic heterocycles. The van der Waals surface area contributed by atoms with Gasteiger partial charge in [-0.3, -0.25) is 9.59 Å². The molecule has 0 aromatic carbocycles. The molecule has 5 N–H and O–H groups in total. The van der Waals surface area contributed by atoms with Crippen LogP contribution >= 0.6 is 0 Å². The number of carbonyl (C=O) groups is 2. The molecule has 0 saturated carbocycles. The zero-order valence-electron chi connectivity index (χ0n) is 20.8. The molecule has 0 fully saturated rings. The second kappa shape index (κ2) is 14.2. The molecule has 0 unspecified atom stereocenters. The SMILES string of the molecule is CCC(C)(C)C(=O)O[C@H]1C[C@@H](C)C=C2C=C[C@H](C)[C@H](CC[C@@H](O)C[C@@H](O)CC(=O)O)[C@H]21.O.[Ca]. The molecule has 186 valence electrons. The van der Waals surface area contributed by atoms with Crippen LogP contribution in [0, 0.1) is 29.1 Å². The van der Waals surface area contributed by atoms with Gasteiger partial charge in [0.05, 0.1) is 24.0 Å². The molecule has 2 aliphatic rings. The Bertz CT molecular complexity index is 703. The third-order valence-electron chi connectivity index (χ3n) is 7.08. The fourth-order valence-corrected chi connectivity index (χ4v) is 4.76. The Hall–Kier alpha value is -0.440. The van der Waals surface area contributed by atoms with Crippen molar-refractivity contribution in [1.29, 1.82) is 0 Å². The minimum Gasteiger partial charge on any atom is -0.481 e. The van der Waals surface area contributed by atoms with Gasteiger partial charge < -0.3 is 25.5 Å². The number of rotatable bonds is 10. The van der Waals surface area contributed by atoms with E-state index >= 15 is 0 Å². The summed E-state index contributed by atoms with van der Waals surface area (Å²) >= 11 is 0. The van der Waals surface area contributed by atoms with E-state index in [4.69, 9.17) is 9.84 Å². The van der Waals surface area contributed by atoms with E-state index in [0.717, 1.165) is 6.42 Å². The third-order valence-corrected chi connectivity index (χ3v) is 7.08. The van der Waals surface area contributed by atoms with Crippen LogP contribution < -0.4 is 0 Å². The van der Waals surface area contributed by atoms with Crippen LogP contribution in [-0.4, -0.2) is 88.8 Å². The summed E-state index contributed by atoms with van der Waals surface area (Å²) in [5.41, 5.74) is 0.682. The fourth-order valence-electron chi connectivity index (χ4n) is 4.76. The van der Waals surface area contributed by atoms with Crippen molar-refractivity contribution in [3.05, 3.63) is 23.8 Å². The monoisotopic (exact) mass is 494 g/mol. The second-order valence-corrected chi connectivity index (χ2v) is 10.2. The number of aliphatic carboxylic acids is 1. The molecular formula is C25H42CaO7. The first-order valence-corrected chi connectivity index (χ1v) is 11.6. The summed E-state index contributed by atoms with van der Waals surface area (Å²) in [6.45, 7) is 10.1. The van der Waals surface area contributed by atoms with E-state index < -0.39 is 23.6 Å². The van der Waals surface area contributed by atoms with Gasteiger partial charge in [0.2, 0.25) is 0 Å². The number of carboxylic acid groups (broad SMARTS) is 1. The number of fused-ring (bicyclic) bond motifs is 1. The number of ether oxygens (including phenoxy) is 1. The predicted molar refractivity (Wildman–Crippen MR) is 129 cm³/mol. The number of carboxylic acids is 1. The van der Waals surface area contributed by atoms with Gasteiger partial charge in [0.1, 0.15) is 6.10 Å². The molecule has 2 aliphatic carbocycles. The van der Waals surface area contributed by atoms with Crippen molar-refractivity contribution in [2.75, 3.05) is 0 Å². The topological polar surface area (TPSA) is 136 Å². The molecule has 0 heterocycles. The van der Waals surface area contributed by atoms with Gasteiger partial charge >= 0.3 is 11.9 Å². The van der Waals surface area contributed by atoms with Gasteiger partial charge in [-0.25, -0.2) is 0 Å². The molecule has 0 aromatic rings. The maximum Gasteiger partial charge on any atom is 0.311 e. The maximum absolute atomic E-state index is 12.8. The van der Waals surface area contributed by atoms with Crippen LogP contribution in [0.4, 0.5) is 0 Å². The second-order valence-electron chi connectivity index (χ2n) is 10.2. The number of carbonyl (C=O) groups excluding carboxylic acids is 1. The van der Waals surface area contributed by atoms with Crippen molar-refractivity contribution in [2.45, 2.75) is 91.5 Å². The molecule has 0 amide bonds. The zero-order valence-corrected chi connectivity index (χ0v) is 23.0. The van der Waals surface area contributed by atoms with E-state index in [2.05, 4.69) is 32.1 Å². The summed E-state index contributed by atoms with van der Waals surface area (Å²) in [5.74, 6) is -0.347. The maximum atomic E-state index is 12.8. The first kappa shape index (κ1) is 32.6. The van der Waals surface area contributed by atoms with Crippen molar-refractivity contribution in [1.82, 2.24) is 0 Å². The normalized spacial score (nSPS) is 28.3. The van der Waals surface area contributed by atoms with Crippen LogP contribution in [0.1, 0.15) is 73.1 Å². The number of aliphatic hydroxyl groups excluding tert-OH is 2. The van der Waals surface area contributed by atoms with E-state index in [1.165, 1.54) is 5.57 Å². The van der Waals surface area contributed by atoms with Crippen LogP contribution in [0.3, 0.4) is 0 Å². The summed E-state index contributed by atoms with van der Waals surface area (Å²) in [6.07, 6.45) is 6.98. The molecule has 0 spiro atoms. The Morgan fingerprint density at radius 2 is 1.85 bits per heavy atom. The molecule has 7 atom stereocenters. The van der Waals surface area contributed by atoms with Crippen LogP contribution in [0.5, 0.6) is 0 Å². The van der Waals surface area contributed by atoms with Gasteiger partial charge in [-0.15, -0.1) is 0 Å². The fraction of sp³-hybridized carbons (Fsp3) is 0.760. The molecule has 33 heavy (non-hydrogen) atoms. The molecule has 0 bridgehead atoms. The number of hydrogen-bond acceptors (Lipinski definition) is 5. The van der Waals surface area contributed by atoms with Crippen molar-refractivity contribution in [2.24, 2.45) is 29.1 Å². The van der Waals surface area contributed by atoms with E-state index in [0.29, 0.717) is 25.2 Å². The van der Waals surface area contributed by atoms with Gasteiger partial charge in [-0.05, 0) is 69.3 Å². The molecule has 0 saturated heterocycles. The van der Waals surface area contributed by atoms with E-state index in [1.807, 2.05) is 20.8 Å². The van der Waals surface area contributed by atoms with Crippen LogP contribution in [0.15, 0.2) is 23.8 Å². The van der Waals surface area contributed by atoms with Gasteiger partial charge in [0, 0.05) is 43.7 Å². The first-order valence-electron chi connectivity index (χ1n) is 11.6. The Kier molecular flexibility index (Phi) is 14.0. The Morgan fingerprint density at radius 3 is 2.42 bits per heavy atom. The molecular weight excluding hydrogens is 452 g/mol. The van der Waals surface area contributed by atoms with Crippen LogP contribution in [0.2, 0.25) is 0 Å². The zero-order chi connectivity index (χ0) is 23.3. The summed E-state index contributed by atoms with van der Waals surface area (Å²) in [7, 11) is 0. The Balaban J connectivity index is 0.00000512. The summed E-state index contributed by atoms with van der Waals surface area (Å²) in [4.78, 5) is 23.6. The predicted octanol–water partition coefficient (Wildman–Crippen LogP) is 2.90. The van der Waals surface area contributed by atoms with Crippen LogP contribution in [-0.2, 0) is 14.3 Å². The van der Waals surface area contributed by atoms with Gasteiger partial charge in [0.25, 0.3) is 0 Å². The largest absolute Gasteiger partial charge is 0.481 e. The number of hydrogen-bond donors (Lipinski definition) is 3. The quantitative estimate of drug-likeness (QED) is 0.316. The standard InChI is InChI=1S/C25H40O6.Ca.H2O/c1-6-25(4,5)24(30)31-21-12-15(2)11-17-8-7-16(3)20(23(17)21)10-9-18(26)13-19(27)14-22(28)29;;/h7-8,11,15-16,18-21,23,26-27H,6,9-10,12-14H2,1-5H3,(H,28,29);;1H2/t15-,16-,18+,19+,20-,21-,23-;;/m0../s1. The molecule has 2 radical (unpaired) electrons. The summed E-state index contributed by atoms with van der Waals surface area (Å²) in [5, 5.41) is 29.0. The third kappa shape index (κ3) is 9.26. The van der Waals surface area contributed by atoms with Crippen molar-refractivity contribution >= 4 is 49.7 Å². The molecule has 2 rings (SSSR count). The average Bonchev–Trinajstić information content (AvgIpc) is 2.66. The summed E-state index contributed by atoms with van der Waals surface area (Å²) in [6, 6.07) is 0. The van der Waals surface area contributed by atoms with Gasteiger partial charge in [0.15, 0.2) is 0 Å². The minimum absolute atomic E-state index is 0. The molecule has 7 nitrogen and oxygen atoms in total. The Labute approximate surface area is 228 Å². The molecule has 0 aliphatic heterocycles. The van der Waals surface area contributed by atoms with Crippen molar-refractivity contribution in [3.63, 3.8) is 0 Å². The average molecular weight is 495 g/mol. The van der Waals surface area contributed by atoms with E-state index in [-0.39, 0.29) is 85.9 Å². The minimum atomic E-state index is -1.07. The van der Waals surface area contributed by atoms with Crippen molar-refractivity contribution in [3.8, 4) is 0 Å². The summed E-state index contributed by atoms with van der Waals surface area (Å²) < 4.78 is 6.10. The van der Waals surface area contributed by atoms with Crippen molar-refractivity contribution < 1.29 is 35.1 Å². The van der Waals surface area contributed by atoms with Crippen LogP contribution in [0.25, 0.3) is 0 Å². The first-order chi connectivity index (χ1) is 14.4. The number of aliphatic hydroxyl groups is 2.